The van der Waals surface area contributed by atoms with Crippen LogP contribution >= 0.6 is 11.3 Å². The molecule has 0 radical (unpaired) electrons. The van der Waals surface area contributed by atoms with Crippen molar-refractivity contribution in [3.8, 4) is 22.1 Å². The third kappa shape index (κ3) is 4.70. The summed E-state index contributed by atoms with van der Waals surface area (Å²) in [6.45, 7) is 9.24. The lowest BCUT2D eigenvalue weighted by molar-refractivity contribution is 0.248. The Labute approximate surface area is 223 Å². The van der Waals surface area contributed by atoms with Gasteiger partial charge in [-0.2, -0.15) is 9.49 Å². The Morgan fingerprint density at radius 2 is 1.89 bits per heavy atom. The van der Waals surface area contributed by atoms with E-state index in [1.165, 1.54) is 30.9 Å². The van der Waals surface area contributed by atoms with Crippen LogP contribution in [0.5, 0.6) is 0 Å². The fourth-order valence-electron chi connectivity index (χ4n) is 4.94. The van der Waals surface area contributed by atoms with Gasteiger partial charge in [0.25, 0.3) is 0 Å². The van der Waals surface area contributed by atoms with Crippen LogP contribution in [0.2, 0.25) is 0 Å². The van der Waals surface area contributed by atoms with Gasteiger partial charge in [-0.25, -0.2) is 9.97 Å². The zero-order valence-electron chi connectivity index (χ0n) is 21.2. The van der Waals surface area contributed by atoms with Gasteiger partial charge in [0.2, 0.25) is 0 Å². The van der Waals surface area contributed by atoms with Crippen LogP contribution in [0.25, 0.3) is 49.7 Å². The summed E-state index contributed by atoms with van der Waals surface area (Å²) in [5.74, 6) is 0.580. The fourth-order valence-corrected chi connectivity index (χ4v) is 5.67. The molecule has 0 aromatic carbocycles. The molecule has 6 rings (SSSR count). The van der Waals surface area contributed by atoms with Gasteiger partial charge in [0.1, 0.15) is 16.7 Å². The number of likely N-dealkylation sites (tertiary alicyclic amines) is 1. The Balaban J connectivity index is 1.36. The molecule has 1 fully saturated rings. The number of nitrogens with one attached hydrogen (secondary N) is 2. The summed E-state index contributed by atoms with van der Waals surface area (Å²) in [6.07, 6.45) is 11.7. The predicted octanol–water partition coefficient (Wildman–Crippen LogP) is 6.77. The molecule has 0 unspecified atom stereocenters. The average Bonchev–Trinajstić information content (AvgIpc) is 3.68. The number of piperidine rings is 1. The summed E-state index contributed by atoms with van der Waals surface area (Å²) in [5, 5.41) is 7.35. The van der Waals surface area contributed by atoms with E-state index in [0.29, 0.717) is 22.7 Å². The average molecular weight is 526 g/mol. The van der Waals surface area contributed by atoms with Crippen LogP contribution in [0.4, 0.5) is 4.39 Å². The molecular formula is C29H28FN7S. The highest BCUT2D eigenvalue weighted by Gasteiger charge is 2.18. The minimum absolute atomic E-state index is 0.256. The van der Waals surface area contributed by atoms with Gasteiger partial charge in [0, 0.05) is 12.7 Å². The lowest BCUT2D eigenvalue weighted by Crippen LogP contribution is -2.31. The third-order valence-electron chi connectivity index (χ3n) is 6.90. The van der Waals surface area contributed by atoms with Gasteiger partial charge >= 0.3 is 0 Å². The lowest BCUT2D eigenvalue weighted by atomic mass is 10.0. The molecule has 0 amide bonds. The van der Waals surface area contributed by atoms with Crippen molar-refractivity contribution >= 4 is 39.0 Å². The molecule has 5 aromatic rings. The van der Waals surface area contributed by atoms with E-state index >= 15 is 0 Å². The normalized spacial score (nSPS) is 15.5. The van der Waals surface area contributed by atoms with Crippen molar-refractivity contribution in [3.63, 3.8) is 0 Å². The Kier molecular flexibility index (Phi) is 6.70. The SMILES string of the molecule is C=C/C(=C\C(=C/C)c1ccc2[nH]nc(-c3nc4c(-c5ccc(F)s5)nccc4[nH]3)c2n1)CN1CCCCC1. The van der Waals surface area contributed by atoms with E-state index < -0.39 is 0 Å². The number of halogens is 1. The molecule has 1 aliphatic rings. The van der Waals surface area contributed by atoms with Crippen LogP contribution in [-0.4, -0.2) is 54.7 Å². The van der Waals surface area contributed by atoms with E-state index in [1.807, 2.05) is 31.2 Å². The summed E-state index contributed by atoms with van der Waals surface area (Å²) < 4.78 is 13.7. The minimum atomic E-state index is -0.256. The third-order valence-corrected chi connectivity index (χ3v) is 7.78. The monoisotopic (exact) mass is 525 g/mol. The molecule has 0 bridgehead atoms. The van der Waals surface area contributed by atoms with Gasteiger partial charge in [0.15, 0.2) is 16.6 Å². The zero-order valence-corrected chi connectivity index (χ0v) is 22.0. The van der Waals surface area contributed by atoms with Gasteiger partial charge < -0.3 is 4.98 Å². The van der Waals surface area contributed by atoms with Gasteiger partial charge in [-0.15, -0.1) is 11.3 Å². The van der Waals surface area contributed by atoms with Crippen molar-refractivity contribution in [2.75, 3.05) is 19.6 Å². The van der Waals surface area contributed by atoms with E-state index in [9.17, 15) is 4.39 Å². The highest BCUT2D eigenvalue weighted by atomic mass is 32.1. The first-order chi connectivity index (χ1) is 18.6. The molecule has 192 valence electrons. The van der Waals surface area contributed by atoms with E-state index in [0.717, 1.165) is 63.7 Å². The molecule has 0 aliphatic carbocycles. The maximum atomic E-state index is 13.7. The van der Waals surface area contributed by atoms with Crippen molar-refractivity contribution < 1.29 is 4.39 Å². The first-order valence-electron chi connectivity index (χ1n) is 12.8. The quantitative estimate of drug-likeness (QED) is 0.229. The number of hydrogen-bond donors (Lipinski definition) is 2. The number of fused-ring (bicyclic) bond motifs is 2. The molecule has 0 spiro atoms. The summed E-state index contributed by atoms with van der Waals surface area (Å²) in [6, 6.07) is 9.02. The van der Waals surface area contributed by atoms with Crippen molar-refractivity contribution in [1.82, 2.24) is 35.0 Å². The molecule has 0 saturated carbocycles. The second kappa shape index (κ2) is 10.4. The van der Waals surface area contributed by atoms with Crippen molar-refractivity contribution in [3.05, 3.63) is 77.7 Å². The number of aromatic nitrogens is 6. The van der Waals surface area contributed by atoms with Crippen LogP contribution in [0.3, 0.4) is 0 Å². The smallest absolute Gasteiger partial charge is 0.177 e. The topological polar surface area (TPSA) is 86.4 Å². The number of thiophene rings is 1. The van der Waals surface area contributed by atoms with E-state index in [4.69, 9.17) is 9.97 Å². The molecule has 5 aromatic heterocycles. The van der Waals surface area contributed by atoms with Crippen LogP contribution in [0, 0.1) is 5.13 Å². The Morgan fingerprint density at radius 3 is 2.66 bits per heavy atom. The first-order valence-corrected chi connectivity index (χ1v) is 13.6. The van der Waals surface area contributed by atoms with E-state index in [1.54, 1.807) is 12.3 Å². The largest absolute Gasteiger partial charge is 0.336 e. The molecule has 6 heterocycles. The minimum Gasteiger partial charge on any atom is -0.336 e. The number of rotatable bonds is 7. The molecule has 1 saturated heterocycles. The standard InChI is InChI=1S/C29H28FN7S/c1-3-18(17-37-14-6-5-7-15-37)16-19(4-2)20-8-9-22-26(32-20)28(36-35-22)29-33-21-12-13-31-27(25(21)34-29)23-10-11-24(30)38-23/h3-4,8-13,16H,1,5-7,14-15,17H2,2H3,(H,33,34)(H,35,36)/b18-16+,19-4+. The van der Waals surface area contributed by atoms with Crippen molar-refractivity contribution in [1.29, 1.82) is 0 Å². The molecular weight excluding hydrogens is 497 g/mol. The molecule has 9 heteroatoms. The summed E-state index contributed by atoms with van der Waals surface area (Å²) >= 11 is 1.05. The number of nitrogens with zero attached hydrogens (tertiary/aromatic N) is 5. The number of allylic oxidation sites excluding steroid dienone is 3. The second-order valence-corrected chi connectivity index (χ2v) is 10.4. The fraction of sp³-hybridized carbons (Fsp3) is 0.241. The van der Waals surface area contributed by atoms with Crippen LogP contribution in [0.1, 0.15) is 31.9 Å². The number of imidazole rings is 1. The van der Waals surface area contributed by atoms with Gasteiger partial charge in [-0.1, -0.05) is 25.2 Å². The summed E-state index contributed by atoms with van der Waals surface area (Å²) in [5.41, 5.74) is 7.34. The Bertz CT molecular complexity index is 1680. The zero-order chi connectivity index (χ0) is 26.1. The highest BCUT2D eigenvalue weighted by molar-refractivity contribution is 7.13. The van der Waals surface area contributed by atoms with Crippen LogP contribution in [0.15, 0.2) is 66.9 Å². The highest BCUT2D eigenvalue weighted by Crippen LogP contribution is 2.33. The van der Waals surface area contributed by atoms with Crippen LogP contribution < -0.4 is 0 Å². The Morgan fingerprint density at radius 1 is 1.05 bits per heavy atom. The number of aromatic amines is 2. The second-order valence-electron chi connectivity index (χ2n) is 9.41. The summed E-state index contributed by atoms with van der Waals surface area (Å²) in [7, 11) is 0. The molecule has 38 heavy (non-hydrogen) atoms. The molecule has 1 aliphatic heterocycles. The first kappa shape index (κ1) is 24.4. The van der Waals surface area contributed by atoms with E-state index in [2.05, 4.69) is 43.8 Å². The molecule has 2 N–H and O–H groups in total. The van der Waals surface area contributed by atoms with Gasteiger partial charge in [0.05, 0.1) is 21.6 Å². The molecule has 0 atom stereocenters. The van der Waals surface area contributed by atoms with Gasteiger partial charge in [-0.3, -0.25) is 15.0 Å². The Hall–Kier alpha value is -3.95. The van der Waals surface area contributed by atoms with Crippen molar-refractivity contribution in [2.24, 2.45) is 0 Å². The van der Waals surface area contributed by atoms with Crippen LogP contribution in [-0.2, 0) is 0 Å². The predicted molar refractivity (Wildman–Crippen MR) is 152 cm³/mol. The maximum absolute atomic E-state index is 13.7. The van der Waals surface area contributed by atoms with Crippen molar-refractivity contribution in [2.45, 2.75) is 26.2 Å². The summed E-state index contributed by atoms with van der Waals surface area (Å²) in [4.78, 5) is 20.8. The lowest BCUT2D eigenvalue weighted by Gasteiger charge is -2.26. The maximum Gasteiger partial charge on any atom is 0.177 e. The number of H-pyrrole nitrogens is 2. The van der Waals surface area contributed by atoms with Gasteiger partial charge in [-0.05, 0) is 80.4 Å². The molecule has 7 nitrogen and oxygen atoms in total. The number of hydrogen-bond acceptors (Lipinski definition) is 6. The number of pyridine rings is 2. The van der Waals surface area contributed by atoms with E-state index in [-0.39, 0.29) is 5.13 Å².